The van der Waals surface area contributed by atoms with E-state index in [0.29, 0.717) is 25.1 Å². The van der Waals surface area contributed by atoms with Gasteiger partial charge in [-0.1, -0.05) is 72.8 Å². The molecule has 168 valence electrons. The van der Waals surface area contributed by atoms with Gasteiger partial charge in [-0.25, -0.2) is 4.79 Å². The van der Waals surface area contributed by atoms with Crippen molar-refractivity contribution >= 4 is 18.1 Å². The fraction of sp³-hybridized carbons (Fsp3) is 0.214. The van der Waals surface area contributed by atoms with Gasteiger partial charge in [0, 0.05) is 32.1 Å². The Morgan fingerprint density at radius 3 is 2.27 bits per heavy atom. The Hall–Kier alpha value is -3.86. The zero-order chi connectivity index (χ0) is 23.2. The van der Waals surface area contributed by atoms with Crippen LogP contribution in [0.25, 0.3) is 17.2 Å². The maximum absolute atomic E-state index is 12.2. The van der Waals surface area contributed by atoms with Gasteiger partial charge in [0.15, 0.2) is 0 Å². The Balaban J connectivity index is 1.26. The molecule has 0 bridgehead atoms. The summed E-state index contributed by atoms with van der Waals surface area (Å²) in [5.41, 5.74) is 6.42. The summed E-state index contributed by atoms with van der Waals surface area (Å²) >= 11 is 0. The Morgan fingerprint density at radius 2 is 1.61 bits per heavy atom. The zero-order valence-corrected chi connectivity index (χ0v) is 19.0. The van der Waals surface area contributed by atoms with Crippen LogP contribution in [0.5, 0.6) is 0 Å². The topological polar surface area (TPSA) is 58.6 Å². The monoisotopic (exact) mass is 440 g/mol. The quantitative estimate of drug-likeness (QED) is 0.505. The van der Waals surface area contributed by atoms with Crippen molar-refractivity contribution in [2.75, 3.05) is 27.2 Å². The average Bonchev–Trinajstić information content (AvgIpc) is 3.16. The Morgan fingerprint density at radius 1 is 0.939 bits per heavy atom. The molecule has 4 rings (SSSR count). The second kappa shape index (κ2) is 10.2. The van der Waals surface area contributed by atoms with E-state index in [2.05, 4.69) is 29.6 Å². The molecule has 5 nitrogen and oxygen atoms in total. The first-order valence-electron chi connectivity index (χ1n) is 11.1. The number of rotatable bonds is 7. The molecular weight excluding hydrogens is 412 g/mol. The van der Waals surface area contributed by atoms with Crippen LogP contribution in [-0.2, 0) is 4.74 Å². The molecule has 3 aromatic rings. The molecule has 0 spiro atoms. The van der Waals surface area contributed by atoms with Gasteiger partial charge in [0.25, 0.3) is 5.91 Å². The number of hydrogen-bond donors (Lipinski definition) is 1. The number of carbonyl (C=O) groups excluding carboxylic acids is 2. The van der Waals surface area contributed by atoms with Gasteiger partial charge in [0.05, 0.1) is 0 Å². The van der Waals surface area contributed by atoms with Crippen molar-refractivity contribution in [3.63, 3.8) is 0 Å². The number of fused-ring (bicyclic) bond motifs is 3. The lowest BCUT2D eigenvalue weighted by Crippen LogP contribution is -2.26. The number of nitrogens with zero attached hydrogens (tertiary/aromatic N) is 1. The number of nitrogens with one attached hydrogen (secondary N) is 1. The van der Waals surface area contributed by atoms with Gasteiger partial charge in [-0.3, -0.25) is 4.79 Å². The van der Waals surface area contributed by atoms with Crippen LogP contribution in [0.4, 0.5) is 4.79 Å². The first-order chi connectivity index (χ1) is 16.0. The maximum atomic E-state index is 12.2. The van der Waals surface area contributed by atoms with E-state index in [0.717, 1.165) is 5.56 Å². The fourth-order valence-electron chi connectivity index (χ4n) is 4.16. The van der Waals surface area contributed by atoms with E-state index in [1.54, 1.807) is 25.1 Å². The molecule has 1 aliphatic carbocycles. The minimum Gasteiger partial charge on any atom is -0.449 e. The number of alkyl carbamates (subject to hydrolysis) is 1. The van der Waals surface area contributed by atoms with Crippen LogP contribution >= 0.6 is 0 Å². The van der Waals surface area contributed by atoms with Crippen LogP contribution in [0.2, 0.25) is 0 Å². The summed E-state index contributed by atoms with van der Waals surface area (Å²) in [6, 6.07) is 24.0. The molecule has 0 aromatic heterocycles. The summed E-state index contributed by atoms with van der Waals surface area (Å²) in [6.07, 6.45) is 4.18. The average molecular weight is 441 g/mol. The van der Waals surface area contributed by atoms with Gasteiger partial charge in [-0.15, -0.1) is 0 Å². The number of ether oxygens (including phenoxy) is 1. The number of carbonyl (C=O) groups is 2. The van der Waals surface area contributed by atoms with E-state index in [1.165, 1.54) is 22.3 Å². The minimum atomic E-state index is -0.413. The van der Waals surface area contributed by atoms with Gasteiger partial charge in [-0.2, -0.15) is 0 Å². The van der Waals surface area contributed by atoms with E-state index in [1.807, 2.05) is 54.6 Å². The molecule has 0 saturated heterocycles. The van der Waals surface area contributed by atoms with Crippen molar-refractivity contribution in [1.29, 1.82) is 0 Å². The number of benzene rings is 3. The summed E-state index contributed by atoms with van der Waals surface area (Å²) in [5.74, 6) is 0.0300. The molecule has 2 amide bonds. The lowest BCUT2D eigenvalue weighted by atomic mass is 9.98. The normalized spacial score (nSPS) is 12.3. The van der Waals surface area contributed by atoms with Crippen LogP contribution in [0.15, 0.2) is 78.9 Å². The highest BCUT2D eigenvalue weighted by molar-refractivity contribution is 5.94. The van der Waals surface area contributed by atoms with Gasteiger partial charge in [-0.05, 0) is 46.4 Å². The standard InChI is InChI=1S/C28H28N2O3/c1-30(2)27(31)21-12-9-11-20(18-21)10-7-8-17-29-28(32)33-19-26-24-15-5-3-13-22(24)23-14-4-6-16-25(23)26/h3-7,9-16,18,26H,8,17,19H2,1-2H3,(H,29,32). The van der Waals surface area contributed by atoms with Crippen LogP contribution in [0.3, 0.4) is 0 Å². The number of hydrogen-bond acceptors (Lipinski definition) is 3. The second-order valence-corrected chi connectivity index (χ2v) is 8.27. The Labute approximate surface area is 194 Å². The van der Waals surface area contributed by atoms with Crippen molar-refractivity contribution in [2.45, 2.75) is 12.3 Å². The molecule has 33 heavy (non-hydrogen) atoms. The van der Waals surface area contributed by atoms with Crippen LogP contribution in [0.1, 0.15) is 39.4 Å². The smallest absolute Gasteiger partial charge is 0.407 e. The number of amides is 2. The van der Waals surface area contributed by atoms with Crippen LogP contribution in [-0.4, -0.2) is 44.1 Å². The molecular formula is C28H28N2O3. The minimum absolute atomic E-state index is 0.0258. The SMILES string of the molecule is CN(C)C(=O)c1cccc(C=CCCNC(=O)OCC2c3ccccc3-c3ccccc32)c1. The lowest BCUT2D eigenvalue weighted by Gasteiger charge is -2.14. The summed E-state index contributed by atoms with van der Waals surface area (Å²) in [4.78, 5) is 25.9. The molecule has 3 aromatic carbocycles. The van der Waals surface area contributed by atoms with Gasteiger partial charge < -0.3 is 15.0 Å². The van der Waals surface area contributed by atoms with Crippen molar-refractivity contribution < 1.29 is 14.3 Å². The third-order valence-corrected chi connectivity index (χ3v) is 5.77. The Kier molecular flexibility index (Phi) is 6.89. The van der Waals surface area contributed by atoms with E-state index in [9.17, 15) is 9.59 Å². The molecule has 0 radical (unpaired) electrons. The molecule has 0 fully saturated rings. The summed E-state index contributed by atoms with van der Waals surface area (Å²) in [5, 5.41) is 2.81. The maximum Gasteiger partial charge on any atom is 0.407 e. The third-order valence-electron chi connectivity index (χ3n) is 5.77. The first-order valence-corrected chi connectivity index (χ1v) is 11.1. The van der Waals surface area contributed by atoms with Gasteiger partial charge in [0.1, 0.15) is 6.61 Å². The summed E-state index contributed by atoms with van der Waals surface area (Å²) in [6.45, 7) is 0.784. The highest BCUT2D eigenvalue weighted by Gasteiger charge is 2.28. The molecule has 0 unspecified atom stereocenters. The molecule has 0 saturated carbocycles. The summed E-state index contributed by atoms with van der Waals surface area (Å²) in [7, 11) is 3.47. The van der Waals surface area contributed by atoms with Crippen LogP contribution < -0.4 is 5.32 Å². The zero-order valence-electron chi connectivity index (χ0n) is 19.0. The van der Waals surface area contributed by atoms with E-state index in [-0.39, 0.29) is 11.8 Å². The molecule has 0 atom stereocenters. The van der Waals surface area contributed by atoms with E-state index < -0.39 is 6.09 Å². The third kappa shape index (κ3) is 5.14. The van der Waals surface area contributed by atoms with Crippen molar-refractivity contribution in [1.82, 2.24) is 10.2 Å². The highest BCUT2D eigenvalue weighted by Crippen LogP contribution is 2.44. The molecule has 1 aliphatic rings. The van der Waals surface area contributed by atoms with Gasteiger partial charge in [0.2, 0.25) is 0 Å². The molecule has 5 heteroatoms. The van der Waals surface area contributed by atoms with Crippen LogP contribution in [0, 0.1) is 0 Å². The van der Waals surface area contributed by atoms with Crippen molar-refractivity contribution in [2.24, 2.45) is 0 Å². The summed E-state index contributed by atoms with van der Waals surface area (Å²) < 4.78 is 5.55. The molecule has 0 heterocycles. The van der Waals surface area contributed by atoms with Crippen molar-refractivity contribution in [3.05, 3.63) is 101 Å². The van der Waals surface area contributed by atoms with Crippen molar-refractivity contribution in [3.8, 4) is 11.1 Å². The molecule has 1 N–H and O–H groups in total. The lowest BCUT2D eigenvalue weighted by molar-refractivity contribution is 0.0827. The molecule has 0 aliphatic heterocycles. The second-order valence-electron chi connectivity index (χ2n) is 8.27. The predicted molar refractivity (Wildman–Crippen MR) is 131 cm³/mol. The highest BCUT2D eigenvalue weighted by atomic mass is 16.5. The van der Waals surface area contributed by atoms with E-state index >= 15 is 0 Å². The Bertz CT molecular complexity index is 1140. The fourth-order valence-corrected chi connectivity index (χ4v) is 4.16. The predicted octanol–water partition coefficient (Wildman–Crippen LogP) is 5.33. The van der Waals surface area contributed by atoms with E-state index in [4.69, 9.17) is 4.74 Å². The van der Waals surface area contributed by atoms with Gasteiger partial charge >= 0.3 is 6.09 Å². The largest absolute Gasteiger partial charge is 0.449 e. The first kappa shape index (κ1) is 22.3.